The lowest BCUT2D eigenvalue weighted by Crippen LogP contribution is -2.29. The third-order valence-corrected chi connectivity index (χ3v) is 7.17. The molecule has 2 aromatic carbocycles. The highest BCUT2D eigenvalue weighted by Crippen LogP contribution is 2.26. The predicted molar refractivity (Wildman–Crippen MR) is 117 cm³/mol. The lowest BCUT2D eigenvalue weighted by molar-refractivity contribution is 0.117. The summed E-state index contributed by atoms with van der Waals surface area (Å²) in [7, 11) is -1.67. The molecule has 156 valence electrons. The monoisotopic (exact) mass is 414 g/mol. The lowest BCUT2D eigenvalue weighted by Gasteiger charge is -2.23. The Bertz CT molecular complexity index is 898. The Kier molecular flexibility index (Phi) is 7.45. The van der Waals surface area contributed by atoms with E-state index >= 15 is 0 Å². The Morgan fingerprint density at radius 3 is 2.45 bits per heavy atom. The standard InChI is InChI=1S/C23H30N2O3S/c1-19(24-25-15-9-12-22(25)17-28-2)16-21(20-10-5-3-6-11-20)18-29(26,27)23-13-7-4-8-14-23/h3-8,10-11,13-14,21-22H,9,12,15-18H2,1-2H3/b24-19+/t21-,22-/m0/s1. The first-order chi connectivity index (χ1) is 14.0. The first-order valence-corrected chi connectivity index (χ1v) is 11.8. The average Bonchev–Trinajstić information content (AvgIpc) is 3.15. The van der Waals surface area contributed by atoms with Crippen LogP contribution in [-0.4, -0.2) is 51.2 Å². The Labute approximate surface area is 174 Å². The molecule has 0 bridgehead atoms. The number of sulfone groups is 1. The number of hydrazone groups is 1. The maximum atomic E-state index is 13.0. The van der Waals surface area contributed by atoms with Gasteiger partial charge in [0.05, 0.1) is 23.3 Å². The van der Waals surface area contributed by atoms with Crippen LogP contribution in [0.25, 0.3) is 0 Å². The Hall–Kier alpha value is -2.18. The number of methoxy groups -OCH3 is 1. The lowest BCUT2D eigenvalue weighted by atomic mass is 9.96. The third kappa shape index (κ3) is 5.90. The molecule has 1 fully saturated rings. The summed E-state index contributed by atoms with van der Waals surface area (Å²) >= 11 is 0. The van der Waals surface area contributed by atoms with Crippen LogP contribution < -0.4 is 0 Å². The molecule has 0 unspecified atom stereocenters. The summed E-state index contributed by atoms with van der Waals surface area (Å²) in [4.78, 5) is 0.371. The van der Waals surface area contributed by atoms with Crippen molar-refractivity contribution in [3.8, 4) is 0 Å². The molecule has 0 radical (unpaired) electrons. The Morgan fingerprint density at radius 1 is 1.14 bits per heavy atom. The highest BCUT2D eigenvalue weighted by atomic mass is 32.2. The minimum atomic E-state index is -3.39. The Balaban J connectivity index is 1.80. The second kappa shape index (κ2) is 10.0. The highest BCUT2D eigenvalue weighted by Gasteiger charge is 2.26. The van der Waals surface area contributed by atoms with Gasteiger partial charge in [0.15, 0.2) is 9.84 Å². The van der Waals surface area contributed by atoms with Gasteiger partial charge in [0.2, 0.25) is 0 Å². The normalized spacial score (nSPS) is 18.8. The molecule has 0 aliphatic carbocycles. The predicted octanol–water partition coefficient (Wildman–Crippen LogP) is 4.12. The topological polar surface area (TPSA) is 59.0 Å². The second-order valence-corrected chi connectivity index (χ2v) is 9.69. The maximum absolute atomic E-state index is 13.0. The molecular weight excluding hydrogens is 384 g/mol. The van der Waals surface area contributed by atoms with Crippen molar-refractivity contribution in [2.24, 2.45) is 5.10 Å². The number of hydrogen-bond donors (Lipinski definition) is 0. The molecule has 0 aromatic heterocycles. The zero-order valence-electron chi connectivity index (χ0n) is 17.2. The summed E-state index contributed by atoms with van der Waals surface area (Å²) in [6.07, 6.45) is 2.79. The molecular formula is C23H30N2O3S. The van der Waals surface area contributed by atoms with Gasteiger partial charge in [0, 0.05) is 25.3 Å². The van der Waals surface area contributed by atoms with Crippen molar-refractivity contribution in [3.05, 3.63) is 66.2 Å². The van der Waals surface area contributed by atoms with E-state index in [0.29, 0.717) is 24.0 Å². The molecule has 29 heavy (non-hydrogen) atoms. The van der Waals surface area contributed by atoms with E-state index in [-0.39, 0.29) is 11.7 Å². The van der Waals surface area contributed by atoms with Crippen molar-refractivity contribution >= 4 is 15.5 Å². The second-order valence-electron chi connectivity index (χ2n) is 7.66. The molecule has 6 heteroatoms. The quantitative estimate of drug-likeness (QED) is 0.579. The molecule has 0 saturated carbocycles. The van der Waals surface area contributed by atoms with Crippen molar-refractivity contribution in [2.45, 2.75) is 43.0 Å². The fourth-order valence-corrected chi connectivity index (χ4v) is 5.52. The Morgan fingerprint density at radius 2 is 1.79 bits per heavy atom. The van der Waals surface area contributed by atoms with E-state index < -0.39 is 9.84 Å². The summed E-state index contributed by atoms with van der Waals surface area (Å²) in [5.74, 6) is -0.0799. The van der Waals surface area contributed by atoms with Gasteiger partial charge < -0.3 is 4.74 Å². The van der Waals surface area contributed by atoms with Crippen molar-refractivity contribution in [1.82, 2.24) is 5.01 Å². The number of hydrogen-bond acceptors (Lipinski definition) is 5. The zero-order chi connectivity index (χ0) is 20.7. The van der Waals surface area contributed by atoms with Gasteiger partial charge in [0.25, 0.3) is 0 Å². The molecule has 1 saturated heterocycles. The van der Waals surface area contributed by atoms with E-state index in [9.17, 15) is 8.42 Å². The molecule has 1 heterocycles. The molecule has 2 aromatic rings. The number of ether oxygens (including phenoxy) is 1. The van der Waals surface area contributed by atoms with Crippen LogP contribution in [0.5, 0.6) is 0 Å². The molecule has 2 atom stereocenters. The molecule has 1 aliphatic heterocycles. The van der Waals surface area contributed by atoms with Crippen LogP contribution in [-0.2, 0) is 14.6 Å². The van der Waals surface area contributed by atoms with Gasteiger partial charge in [-0.05, 0) is 43.9 Å². The number of rotatable bonds is 9. The first kappa shape index (κ1) is 21.5. The number of benzene rings is 2. The molecule has 0 N–H and O–H groups in total. The highest BCUT2D eigenvalue weighted by molar-refractivity contribution is 7.91. The first-order valence-electron chi connectivity index (χ1n) is 10.1. The summed E-state index contributed by atoms with van der Waals surface area (Å²) in [5.41, 5.74) is 1.97. The van der Waals surface area contributed by atoms with E-state index in [1.54, 1.807) is 31.4 Å². The van der Waals surface area contributed by atoms with E-state index in [1.165, 1.54) is 0 Å². The molecule has 1 aliphatic rings. The van der Waals surface area contributed by atoms with E-state index in [1.807, 2.05) is 43.3 Å². The summed E-state index contributed by atoms with van der Waals surface area (Å²) in [6.45, 7) is 3.58. The van der Waals surface area contributed by atoms with Crippen LogP contribution >= 0.6 is 0 Å². The SMILES string of the molecule is COC[C@@H]1CCCN1/N=C(\C)C[C@@H](CS(=O)(=O)c1ccccc1)c1ccccc1. The fraction of sp³-hybridized carbons (Fsp3) is 0.435. The van der Waals surface area contributed by atoms with E-state index in [4.69, 9.17) is 9.84 Å². The van der Waals surface area contributed by atoms with Gasteiger partial charge in [-0.3, -0.25) is 5.01 Å². The molecule has 5 nitrogen and oxygen atoms in total. The minimum Gasteiger partial charge on any atom is -0.382 e. The van der Waals surface area contributed by atoms with Crippen LogP contribution in [0, 0.1) is 0 Å². The van der Waals surface area contributed by atoms with Gasteiger partial charge in [-0.1, -0.05) is 48.5 Å². The molecule has 3 rings (SSSR count). The smallest absolute Gasteiger partial charge is 0.178 e. The van der Waals surface area contributed by atoms with Crippen molar-refractivity contribution in [3.63, 3.8) is 0 Å². The van der Waals surface area contributed by atoms with Gasteiger partial charge in [0.1, 0.15) is 0 Å². The van der Waals surface area contributed by atoms with E-state index in [2.05, 4.69) is 5.01 Å². The van der Waals surface area contributed by atoms with Crippen LogP contribution in [0.4, 0.5) is 0 Å². The van der Waals surface area contributed by atoms with Crippen molar-refractivity contribution in [1.29, 1.82) is 0 Å². The molecule has 0 amide bonds. The summed E-state index contributed by atoms with van der Waals surface area (Å²) in [5, 5.41) is 6.92. The van der Waals surface area contributed by atoms with Crippen molar-refractivity contribution in [2.75, 3.05) is 26.0 Å². The largest absolute Gasteiger partial charge is 0.382 e. The van der Waals surface area contributed by atoms with Crippen LogP contribution in [0.2, 0.25) is 0 Å². The van der Waals surface area contributed by atoms with Gasteiger partial charge in [-0.25, -0.2) is 8.42 Å². The van der Waals surface area contributed by atoms with Crippen LogP contribution in [0.15, 0.2) is 70.7 Å². The van der Waals surface area contributed by atoms with Crippen molar-refractivity contribution < 1.29 is 13.2 Å². The van der Waals surface area contributed by atoms with Crippen LogP contribution in [0.3, 0.4) is 0 Å². The van der Waals surface area contributed by atoms with Gasteiger partial charge in [-0.15, -0.1) is 0 Å². The van der Waals surface area contributed by atoms with E-state index in [0.717, 1.165) is 30.7 Å². The molecule has 0 spiro atoms. The maximum Gasteiger partial charge on any atom is 0.178 e. The average molecular weight is 415 g/mol. The fourth-order valence-electron chi connectivity index (χ4n) is 3.92. The summed E-state index contributed by atoms with van der Waals surface area (Å²) in [6, 6.07) is 18.9. The minimum absolute atomic E-state index is 0.0649. The third-order valence-electron chi connectivity index (χ3n) is 5.34. The van der Waals surface area contributed by atoms with Gasteiger partial charge in [-0.2, -0.15) is 5.10 Å². The summed E-state index contributed by atoms with van der Waals surface area (Å²) < 4.78 is 31.3. The van der Waals surface area contributed by atoms with Gasteiger partial charge >= 0.3 is 0 Å². The number of nitrogens with zero attached hydrogens (tertiary/aromatic N) is 2. The van der Waals surface area contributed by atoms with Crippen LogP contribution in [0.1, 0.15) is 37.7 Å². The zero-order valence-corrected chi connectivity index (χ0v) is 18.0.